The molecule has 4 rings (SSSR count). The fraction of sp³-hybridized carbons (Fsp3) is 0.300. The zero-order chi connectivity index (χ0) is 18.8. The molecule has 0 unspecified atom stereocenters. The monoisotopic (exact) mass is 365 g/mol. The third kappa shape index (κ3) is 3.59. The van der Waals surface area contributed by atoms with Gasteiger partial charge in [-0.1, -0.05) is 12.1 Å². The Bertz CT molecular complexity index is 943. The molecule has 0 saturated carbocycles. The summed E-state index contributed by atoms with van der Waals surface area (Å²) in [5.74, 6) is 0.452. The molecule has 3 aromatic rings. The first-order valence-electron chi connectivity index (χ1n) is 9.01. The number of nitrogens with two attached hydrogens (primary N) is 1. The van der Waals surface area contributed by atoms with Gasteiger partial charge in [0.1, 0.15) is 12.1 Å². The van der Waals surface area contributed by atoms with Crippen molar-refractivity contribution in [3.8, 4) is 5.75 Å². The molecule has 0 spiro atoms. The number of nitrogens with zero attached hydrogens (tertiary/aromatic N) is 4. The summed E-state index contributed by atoms with van der Waals surface area (Å²) >= 11 is 0. The molecule has 7 nitrogen and oxygen atoms in total. The van der Waals surface area contributed by atoms with Crippen LogP contribution in [-0.2, 0) is 6.54 Å². The second-order valence-corrected chi connectivity index (χ2v) is 6.73. The molecule has 2 aromatic carbocycles. The lowest BCUT2D eigenvalue weighted by Crippen LogP contribution is -2.50. The number of carbonyl (C=O) groups excluding carboxylic acids is 1. The van der Waals surface area contributed by atoms with Crippen molar-refractivity contribution in [2.75, 3.05) is 38.3 Å². The molecule has 1 fully saturated rings. The number of piperazine rings is 1. The molecule has 140 valence electrons. The van der Waals surface area contributed by atoms with Crippen LogP contribution in [0.1, 0.15) is 15.9 Å². The molecule has 1 saturated heterocycles. The maximum Gasteiger partial charge on any atom is 0.248 e. The Morgan fingerprint density at radius 1 is 1.11 bits per heavy atom. The first kappa shape index (κ1) is 17.4. The van der Waals surface area contributed by atoms with Gasteiger partial charge in [0.15, 0.2) is 0 Å². The molecule has 1 aliphatic rings. The van der Waals surface area contributed by atoms with E-state index >= 15 is 0 Å². The third-order valence-electron chi connectivity index (χ3n) is 5.03. The van der Waals surface area contributed by atoms with E-state index < -0.39 is 5.91 Å². The van der Waals surface area contributed by atoms with Crippen LogP contribution in [0.15, 0.2) is 48.8 Å². The number of amides is 1. The fourth-order valence-corrected chi connectivity index (χ4v) is 3.48. The van der Waals surface area contributed by atoms with Crippen molar-refractivity contribution in [1.82, 2.24) is 14.6 Å². The van der Waals surface area contributed by atoms with Crippen molar-refractivity contribution in [3.63, 3.8) is 0 Å². The normalized spacial score (nSPS) is 15.2. The smallest absolute Gasteiger partial charge is 0.248 e. The number of benzene rings is 2. The number of hydrogen-bond donors (Lipinski definition) is 1. The zero-order valence-corrected chi connectivity index (χ0v) is 15.3. The summed E-state index contributed by atoms with van der Waals surface area (Å²) in [5.41, 5.74) is 8.90. The minimum Gasteiger partial charge on any atom is -0.497 e. The molecule has 0 atom stereocenters. The molecule has 1 aliphatic heterocycles. The summed E-state index contributed by atoms with van der Waals surface area (Å²) < 4.78 is 7.29. The number of ether oxygens (including phenoxy) is 1. The van der Waals surface area contributed by atoms with Crippen molar-refractivity contribution in [3.05, 3.63) is 59.9 Å². The van der Waals surface area contributed by atoms with E-state index in [-0.39, 0.29) is 0 Å². The number of imidazole rings is 1. The number of hydrogen-bond acceptors (Lipinski definition) is 5. The van der Waals surface area contributed by atoms with Gasteiger partial charge in [0, 0.05) is 38.3 Å². The average Bonchev–Trinajstić information content (AvgIpc) is 3.12. The van der Waals surface area contributed by atoms with E-state index in [1.807, 2.05) is 24.5 Å². The summed E-state index contributed by atoms with van der Waals surface area (Å²) in [6.45, 7) is 4.72. The highest BCUT2D eigenvalue weighted by atomic mass is 16.5. The number of fused-ring (bicyclic) bond motifs is 1. The van der Waals surface area contributed by atoms with Gasteiger partial charge in [-0.15, -0.1) is 0 Å². The third-order valence-corrected chi connectivity index (χ3v) is 5.03. The summed E-state index contributed by atoms with van der Waals surface area (Å²) in [7, 11) is 1.68. The van der Waals surface area contributed by atoms with Gasteiger partial charge in [-0.05, 0) is 35.9 Å². The second-order valence-electron chi connectivity index (χ2n) is 6.73. The molecule has 0 bridgehead atoms. The lowest BCUT2D eigenvalue weighted by atomic mass is 10.2. The minimum absolute atomic E-state index is 0.432. The van der Waals surface area contributed by atoms with E-state index in [0.29, 0.717) is 5.56 Å². The van der Waals surface area contributed by atoms with E-state index in [1.165, 1.54) is 5.56 Å². The first-order valence-corrected chi connectivity index (χ1v) is 9.01. The lowest BCUT2D eigenvalue weighted by molar-refractivity contribution is 0.100. The molecule has 2 heterocycles. The molecule has 0 aliphatic carbocycles. The Morgan fingerprint density at radius 2 is 1.85 bits per heavy atom. The number of methoxy groups -OCH3 is 1. The summed E-state index contributed by atoms with van der Waals surface area (Å²) in [6.07, 6.45) is 1.81. The van der Waals surface area contributed by atoms with Gasteiger partial charge < -0.3 is 15.5 Å². The van der Waals surface area contributed by atoms with Crippen LogP contribution in [0.5, 0.6) is 5.75 Å². The van der Waals surface area contributed by atoms with Gasteiger partial charge in [-0.3, -0.25) is 9.69 Å². The van der Waals surface area contributed by atoms with Crippen LogP contribution < -0.4 is 15.5 Å². The summed E-state index contributed by atoms with van der Waals surface area (Å²) in [4.78, 5) is 18.2. The van der Waals surface area contributed by atoms with Gasteiger partial charge in [-0.2, -0.15) is 0 Å². The Morgan fingerprint density at radius 3 is 2.52 bits per heavy atom. The van der Waals surface area contributed by atoms with E-state index in [0.717, 1.165) is 49.5 Å². The minimum atomic E-state index is -0.432. The van der Waals surface area contributed by atoms with Gasteiger partial charge in [-0.25, -0.2) is 9.66 Å². The number of carbonyl (C=O) groups is 1. The Balaban J connectivity index is 1.41. The van der Waals surface area contributed by atoms with Crippen LogP contribution in [0, 0.1) is 0 Å². The van der Waals surface area contributed by atoms with Gasteiger partial charge in [0.05, 0.1) is 18.1 Å². The van der Waals surface area contributed by atoms with Crippen LogP contribution in [-0.4, -0.2) is 53.8 Å². The van der Waals surface area contributed by atoms with Crippen LogP contribution in [0.3, 0.4) is 0 Å². The largest absolute Gasteiger partial charge is 0.497 e. The summed E-state index contributed by atoms with van der Waals surface area (Å²) in [5, 5.41) is 2.28. The molecule has 2 N–H and O–H groups in total. The maximum atomic E-state index is 11.3. The highest BCUT2D eigenvalue weighted by Gasteiger charge is 2.19. The molecule has 1 amide bonds. The number of primary amides is 1. The highest BCUT2D eigenvalue weighted by molar-refractivity contribution is 5.96. The fourth-order valence-electron chi connectivity index (χ4n) is 3.48. The van der Waals surface area contributed by atoms with Crippen molar-refractivity contribution in [2.24, 2.45) is 5.73 Å². The van der Waals surface area contributed by atoms with E-state index in [9.17, 15) is 4.79 Å². The topological polar surface area (TPSA) is 76.6 Å². The quantitative estimate of drug-likeness (QED) is 0.743. The van der Waals surface area contributed by atoms with Crippen molar-refractivity contribution >= 4 is 16.9 Å². The van der Waals surface area contributed by atoms with Crippen molar-refractivity contribution in [1.29, 1.82) is 0 Å². The van der Waals surface area contributed by atoms with Crippen molar-refractivity contribution < 1.29 is 9.53 Å². The Hall–Kier alpha value is -3.06. The van der Waals surface area contributed by atoms with Crippen LogP contribution >= 0.6 is 0 Å². The zero-order valence-electron chi connectivity index (χ0n) is 15.3. The maximum absolute atomic E-state index is 11.3. The standard InChI is InChI=1S/C20H23N5O2/c1-27-17-5-2-15(3-6-17)13-23-8-10-24(11-9-23)25-14-22-18-12-16(20(21)26)4-7-19(18)25/h2-7,12,14H,8-11,13H2,1H3,(H2,21,26). The SMILES string of the molecule is COc1ccc(CN2CCN(n3cnc4cc(C(N)=O)ccc43)CC2)cc1. The Kier molecular flexibility index (Phi) is 4.68. The van der Waals surface area contributed by atoms with Gasteiger partial charge in [0.2, 0.25) is 5.91 Å². The predicted octanol–water partition coefficient (Wildman–Crippen LogP) is 1.60. The number of aromatic nitrogens is 2. The first-order chi connectivity index (χ1) is 13.1. The van der Waals surface area contributed by atoms with E-state index in [4.69, 9.17) is 10.5 Å². The Labute approximate surface area is 157 Å². The molecule has 7 heteroatoms. The van der Waals surface area contributed by atoms with E-state index in [1.54, 1.807) is 19.2 Å². The van der Waals surface area contributed by atoms with Gasteiger partial charge in [0.25, 0.3) is 0 Å². The molecule has 27 heavy (non-hydrogen) atoms. The van der Waals surface area contributed by atoms with Crippen molar-refractivity contribution in [2.45, 2.75) is 6.54 Å². The molecular formula is C20H23N5O2. The van der Waals surface area contributed by atoms with Gasteiger partial charge >= 0.3 is 0 Å². The van der Waals surface area contributed by atoms with Crippen LogP contribution in [0.4, 0.5) is 0 Å². The second kappa shape index (κ2) is 7.28. The molecule has 1 aromatic heterocycles. The van der Waals surface area contributed by atoms with Crippen LogP contribution in [0.2, 0.25) is 0 Å². The summed E-state index contributed by atoms with van der Waals surface area (Å²) in [6, 6.07) is 13.6. The predicted molar refractivity (Wildman–Crippen MR) is 104 cm³/mol. The lowest BCUT2D eigenvalue weighted by Gasteiger charge is -2.36. The van der Waals surface area contributed by atoms with E-state index in [2.05, 4.69) is 31.7 Å². The molecular weight excluding hydrogens is 342 g/mol. The van der Waals surface area contributed by atoms with Crippen LogP contribution in [0.25, 0.3) is 11.0 Å². The average molecular weight is 365 g/mol. The highest BCUT2D eigenvalue weighted by Crippen LogP contribution is 2.17. The number of rotatable bonds is 5. The molecule has 0 radical (unpaired) electrons.